The maximum absolute atomic E-state index is 11.3. The Labute approximate surface area is 96.8 Å². The molecule has 4 nitrogen and oxygen atoms in total. The fraction of sp³-hybridized carbons (Fsp3) is 0.300. The van der Waals surface area contributed by atoms with Gasteiger partial charge in [0, 0.05) is 16.7 Å². The predicted octanol–water partition coefficient (Wildman–Crippen LogP) is 1.87. The lowest BCUT2D eigenvalue weighted by atomic mass is 10.2. The minimum atomic E-state index is -0.315. The van der Waals surface area contributed by atoms with Crippen LogP contribution < -0.4 is 10.6 Å². The minimum absolute atomic E-state index is 0.0646. The minimum Gasteiger partial charge on any atom is -0.395 e. The number of nitrogens with one attached hydrogen (secondary N) is 2. The Morgan fingerprint density at radius 1 is 1.53 bits per heavy atom. The number of benzene rings is 1. The van der Waals surface area contributed by atoms with Crippen molar-refractivity contribution in [1.82, 2.24) is 5.32 Å². The average molecular weight is 273 g/mol. The molecule has 0 aliphatic rings. The van der Waals surface area contributed by atoms with Crippen molar-refractivity contribution >= 4 is 27.6 Å². The number of hydrogen-bond donors (Lipinski definition) is 3. The summed E-state index contributed by atoms with van der Waals surface area (Å²) in [6.45, 7) is 2.10. The van der Waals surface area contributed by atoms with Gasteiger partial charge in [-0.1, -0.05) is 22.0 Å². The second-order valence-electron chi connectivity index (χ2n) is 3.06. The molecular weight excluding hydrogens is 260 g/mol. The topological polar surface area (TPSA) is 61.4 Å². The molecule has 15 heavy (non-hydrogen) atoms. The van der Waals surface area contributed by atoms with E-state index in [1.807, 2.05) is 25.1 Å². The number of aliphatic hydroxyl groups excluding tert-OH is 1. The molecule has 0 aliphatic carbocycles. The van der Waals surface area contributed by atoms with Crippen LogP contribution >= 0.6 is 15.9 Å². The number of aliphatic hydroxyl groups is 1. The smallest absolute Gasteiger partial charge is 0.319 e. The lowest BCUT2D eigenvalue weighted by molar-refractivity contribution is 0.245. The van der Waals surface area contributed by atoms with Crippen molar-refractivity contribution in [3.8, 4) is 0 Å². The molecule has 0 aromatic heterocycles. The van der Waals surface area contributed by atoms with Gasteiger partial charge in [-0.25, -0.2) is 4.79 Å². The van der Waals surface area contributed by atoms with E-state index in [0.717, 1.165) is 15.7 Å². The summed E-state index contributed by atoms with van der Waals surface area (Å²) in [7, 11) is 0. The molecule has 0 aliphatic heterocycles. The molecule has 82 valence electrons. The Morgan fingerprint density at radius 2 is 2.27 bits per heavy atom. The van der Waals surface area contributed by atoms with Crippen LogP contribution in [0.2, 0.25) is 0 Å². The van der Waals surface area contributed by atoms with Crippen molar-refractivity contribution in [2.75, 3.05) is 18.5 Å². The molecule has 5 heteroatoms. The first-order valence-corrected chi connectivity index (χ1v) is 5.34. The van der Waals surface area contributed by atoms with Gasteiger partial charge in [-0.3, -0.25) is 0 Å². The molecule has 1 aromatic rings. The zero-order valence-corrected chi connectivity index (χ0v) is 9.97. The first-order chi connectivity index (χ1) is 7.13. The van der Waals surface area contributed by atoms with Gasteiger partial charge in [0.25, 0.3) is 0 Å². The molecule has 0 radical (unpaired) electrons. The van der Waals surface area contributed by atoms with Gasteiger partial charge in [-0.05, 0) is 24.6 Å². The molecular formula is C10H13BrN2O2. The normalized spacial score (nSPS) is 9.80. The molecule has 0 saturated carbocycles. The number of carbonyl (C=O) groups is 1. The van der Waals surface area contributed by atoms with Crippen LogP contribution in [-0.2, 0) is 0 Å². The predicted molar refractivity (Wildman–Crippen MR) is 63.0 cm³/mol. The highest BCUT2D eigenvalue weighted by Gasteiger charge is 2.03. The second kappa shape index (κ2) is 5.72. The molecule has 0 spiro atoms. The molecule has 0 fully saturated rings. The molecule has 3 N–H and O–H groups in total. The highest BCUT2D eigenvalue weighted by molar-refractivity contribution is 9.10. The van der Waals surface area contributed by atoms with Crippen molar-refractivity contribution in [1.29, 1.82) is 0 Å². The van der Waals surface area contributed by atoms with E-state index in [-0.39, 0.29) is 19.2 Å². The van der Waals surface area contributed by atoms with Crippen LogP contribution in [0.3, 0.4) is 0 Å². The van der Waals surface area contributed by atoms with Gasteiger partial charge in [0.1, 0.15) is 0 Å². The number of amides is 2. The van der Waals surface area contributed by atoms with Crippen LogP contribution in [0.1, 0.15) is 5.56 Å². The van der Waals surface area contributed by atoms with Gasteiger partial charge >= 0.3 is 6.03 Å². The van der Waals surface area contributed by atoms with Crippen LogP contribution in [0.5, 0.6) is 0 Å². The molecule has 0 unspecified atom stereocenters. The van der Waals surface area contributed by atoms with Gasteiger partial charge in [-0.2, -0.15) is 0 Å². The van der Waals surface area contributed by atoms with E-state index < -0.39 is 0 Å². The zero-order valence-electron chi connectivity index (χ0n) is 8.38. The Balaban J connectivity index is 2.63. The van der Waals surface area contributed by atoms with Crippen LogP contribution in [0, 0.1) is 6.92 Å². The third-order valence-corrected chi connectivity index (χ3v) is 2.34. The van der Waals surface area contributed by atoms with Crippen LogP contribution in [0.15, 0.2) is 22.7 Å². The quantitative estimate of drug-likeness (QED) is 0.787. The maximum atomic E-state index is 11.3. The summed E-state index contributed by atoms with van der Waals surface area (Å²) in [4.78, 5) is 11.3. The summed E-state index contributed by atoms with van der Waals surface area (Å²) in [5, 5.41) is 13.7. The summed E-state index contributed by atoms with van der Waals surface area (Å²) in [5.74, 6) is 0. The van der Waals surface area contributed by atoms with Crippen molar-refractivity contribution in [2.45, 2.75) is 6.92 Å². The fourth-order valence-electron chi connectivity index (χ4n) is 1.06. The van der Waals surface area contributed by atoms with E-state index in [4.69, 9.17) is 5.11 Å². The van der Waals surface area contributed by atoms with E-state index in [1.165, 1.54) is 0 Å². The van der Waals surface area contributed by atoms with E-state index >= 15 is 0 Å². The van der Waals surface area contributed by atoms with Crippen LogP contribution in [0.4, 0.5) is 10.5 Å². The zero-order chi connectivity index (χ0) is 11.3. The Morgan fingerprint density at radius 3 is 2.93 bits per heavy atom. The number of carbonyl (C=O) groups excluding carboxylic acids is 1. The lowest BCUT2D eigenvalue weighted by Crippen LogP contribution is -2.31. The maximum Gasteiger partial charge on any atom is 0.319 e. The summed E-state index contributed by atoms with van der Waals surface area (Å²) in [6.07, 6.45) is 0. The number of hydrogen-bond acceptors (Lipinski definition) is 2. The number of aryl methyl sites for hydroxylation is 1. The highest BCUT2D eigenvalue weighted by atomic mass is 79.9. The van der Waals surface area contributed by atoms with E-state index in [2.05, 4.69) is 26.6 Å². The number of anilines is 1. The van der Waals surface area contributed by atoms with E-state index in [0.29, 0.717) is 0 Å². The van der Waals surface area contributed by atoms with Gasteiger partial charge in [-0.15, -0.1) is 0 Å². The fourth-order valence-corrected chi connectivity index (χ4v) is 1.43. The molecule has 0 bridgehead atoms. The van der Waals surface area contributed by atoms with E-state index in [9.17, 15) is 4.79 Å². The summed E-state index contributed by atoms with van der Waals surface area (Å²) in [5.41, 5.74) is 1.73. The summed E-state index contributed by atoms with van der Waals surface area (Å²) in [6, 6.07) is 5.33. The number of halogens is 1. The van der Waals surface area contributed by atoms with Gasteiger partial charge in [0.05, 0.1) is 6.61 Å². The Kier molecular flexibility index (Phi) is 4.58. The molecule has 0 saturated heterocycles. The molecule has 1 rings (SSSR count). The average Bonchev–Trinajstić information content (AvgIpc) is 2.20. The van der Waals surface area contributed by atoms with Crippen LogP contribution in [-0.4, -0.2) is 24.3 Å². The number of urea groups is 1. The highest BCUT2D eigenvalue weighted by Crippen LogP contribution is 2.20. The monoisotopic (exact) mass is 272 g/mol. The van der Waals surface area contributed by atoms with Crippen molar-refractivity contribution in [3.05, 3.63) is 28.2 Å². The second-order valence-corrected chi connectivity index (χ2v) is 3.98. The van der Waals surface area contributed by atoms with Crippen molar-refractivity contribution in [3.63, 3.8) is 0 Å². The summed E-state index contributed by atoms with van der Waals surface area (Å²) < 4.78 is 0.908. The van der Waals surface area contributed by atoms with Crippen molar-refractivity contribution in [2.24, 2.45) is 0 Å². The van der Waals surface area contributed by atoms with Gasteiger partial charge in [0.15, 0.2) is 0 Å². The first kappa shape index (κ1) is 12.0. The first-order valence-electron chi connectivity index (χ1n) is 4.55. The SMILES string of the molecule is Cc1ccc(Br)cc1NC(=O)NCCO. The summed E-state index contributed by atoms with van der Waals surface area (Å²) >= 11 is 3.33. The lowest BCUT2D eigenvalue weighted by Gasteiger charge is -2.09. The van der Waals surface area contributed by atoms with Gasteiger partial charge in [0.2, 0.25) is 0 Å². The van der Waals surface area contributed by atoms with E-state index in [1.54, 1.807) is 0 Å². The number of rotatable bonds is 3. The van der Waals surface area contributed by atoms with Gasteiger partial charge < -0.3 is 15.7 Å². The standard InChI is InChI=1S/C10H13BrN2O2/c1-7-2-3-8(11)6-9(7)13-10(15)12-4-5-14/h2-3,6,14H,4-5H2,1H3,(H2,12,13,15). The third kappa shape index (κ3) is 3.89. The molecule has 0 heterocycles. The Hall–Kier alpha value is -1.07. The molecule has 1 aromatic carbocycles. The largest absolute Gasteiger partial charge is 0.395 e. The Bertz CT molecular complexity index is 355. The van der Waals surface area contributed by atoms with Crippen LogP contribution in [0.25, 0.3) is 0 Å². The molecule has 0 atom stereocenters. The van der Waals surface area contributed by atoms with Crippen molar-refractivity contribution < 1.29 is 9.90 Å². The third-order valence-electron chi connectivity index (χ3n) is 1.85. The molecule has 2 amide bonds.